The van der Waals surface area contributed by atoms with Crippen LogP contribution in [0.3, 0.4) is 0 Å². The second-order valence-corrected chi connectivity index (χ2v) is 4.58. The maximum atomic E-state index is 4.21. The van der Waals surface area contributed by atoms with Crippen LogP contribution in [-0.2, 0) is 5.41 Å². The van der Waals surface area contributed by atoms with Crippen molar-refractivity contribution >= 4 is 27.5 Å². The van der Waals surface area contributed by atoms with E-state index < -0.39 is 0 Å². The molecule has 1 aromatic heterocycles. The third-order valence-corrected chi connectivity index (χ3v) is 2.77. The van der Waals surface area contributed by atoms with Crippen molar-refractivity contribution in [3.63, 3.8) is 0 Å². The van der Waals surface area contributed by atoms with Gasteiger partial charge in [-0.15, -0.1) is 0 Å². The van der Waals surface area contributed by atoms with Crippen LogP contribution in [0.4, 0.5) is 0 Å². The second-order valence-electron chi connectivity index (χ2n) is 3.12. The number of hydrogen-bond donors (Lipinski definition) is 0. The third-order valence-electron chi connectivity index (χ3n) is 1.04. The number of hydrogen-bond acceptors (Lipinski definition) is 3. The van der Waals surface area contributed by atoms with Crippen LogP contribution in [0.5, 0.6) is 0 Å². The lowest BCUT2D eigenvalue weighted by Gasteiger charge is -2.12. The van der Waals surface area contributed by atoms with Crippen molar-refractivity contribution in [2.24, 2.45) is 0 Å². The van der Waals surface area contributed by atoms with Gasteiger partial charge in [0.1, 0.15) is 5.01 Å². The predicted molar refractivity (Wildman–Crippen MR) is 46.3 cm³/mol. The summed E-state index contributed by atoms with van der Waals surface area (Å²) in [6, 6.07) is 0. The van der Waals surface area contributed by atoms with E-state index in [1.807, 2.05) is 0 Å². The van der Waals surface area contributed by atoms with Crippen LogP contribution in [0.1, 0.15) is 25.8 Å². The van der Waals surface area contributed by atoms with Crippen molar-refractivity contribution < 1.29 is 0 Å². The summed E-state index contributed by atoms with van der Waals surface area (Å²) in [4.78, 5) is 4.21. The Kier molecular flexibility index (Phi) is 2.10. The fourth-order valence-corrected chi connectivity index (χ4v) is 1.63. The molecule has 0 aliphatic rings. The van der Waals surface area contributed by atoms with Gasteiger partial charge in [0.05, 0.1) is 0 Å². The molecule has 2 nitrogen and oxygen atoms in total. The third kappa shape index (κ3) is 1.76. The molecule has 0 fully saturated rings. The van der Waals surface area contributed by atoms with Crippen LogP contribution in [0, 0.1) is 0 Å². The largest absolute Gasteiger partial charge is 0.213 e. The van der Waals surface area contributed by atoms with Crippen LogP contribution < -0.4 is 0 Å². The first-order valence-electron chi connectivity index (χ1n) is 3.00. The minimum Gasteiger partial charge on any atom is -0.213 e. The molecule has 0 atom stereocenters. The van der Waals surface area contributed by atoms with E-state index in [9.17, 15) is 0 Å². The van der Waals surface area contributed by atoms with E-state index in [1.54, 1.807) is 0 Å². The van der Waals surface area contributed by atoms with Crippen molar-refractivity contribution in [2.45, 2.75) is 26.2 Å². The smallest absolute Gasteiger partial charge is 0.209 e. The van der Waals surface area contributed by atoms with Gasteiger partial charge in [-0.25, -0.2) is 4.98 Å². The second kappa shape index (κ2) is 2.58. The first-order chi connectivity index (χ1) is 4.50. The summed E-state index contributed by atoms with van der Waals surface area (Å²) in [5, 5.41) is 1.07. The van der Waals surface area contributed by atoms with Crippen LogP contribution in [0.15, 0.2) is 4.73 Å². The molecule has 0 aliphatic heterocycles. The van der Waals surface area contributed by atoms with Gasteiger partial charge >= 0.3 is 0 Å². The number of nitrogens with zero attached hydrogens (tertiary/aromatic N) is 2. The zero-order valence-electron chi connectivity index (χ0n) is 6.18. The molecule has 56 valence electrons. The molecule has 0 saturated heterocycles. The van der Waals surface area contributed by atoms with Crippen molar-refractivity contribution in [1.82, 2.24) is 9.36 Å². The minimum atomic E-state index is 0.129. The average molecular weight is 221 g/mol. The van der Waals surface area contributed by atoms with E-state index in [-0.39, 0.29) is 5.41 Å². The first kappa shape index (κ1) is 8.14. The Labute approximate surface area is 73.0 Å². The maximum absolute atomic E-state index is 4.21. The lowest BCUT2D eigenvalue weighted by atomic mass is 9.98. The lowest BCUT2D eigenvalue weighted by molar-refractivity contribution is 0.584. The summed E-state index contributed by atoms with van der Waals surface area (Å²) in [5.74, 6) is 0. The van der Waals surface area contributed by atoms with Gasteiger partial charge in [0, 0.05) is 5.41 Å². The summed E-state index contributed by atoms with van der Waals surface area (Å²) in [7, 11) is 0. The Balaban J connectivity index is 2.96. The Bertz CT molecular complexity index is 226. The van der Waals surface area contributed by atoms with Crippen LogP contribution in [-0.4, -0.2) is 9.36 Å². The highest BCUT2D eigenvalue weighted by Crippen LogP contribution is 2.24. The van der Waals surface area contributed by atoms with Gasteiger partial charge in [0.15, 0.2) is 0 Å². The van der Waals surface area contributed by atoms with Gasteiger partial charge in [0.25, 0.3) is 0 Å². The van der Waals surface area contributed by atoms with E-state index in [0.717, 1.165) is 5.01 Å². The molecule has 1 heterocycles. The SMILES string of the molecule is CC(C)(C)c1nc(Br)ns1. The number of halogens is 1. The van der Waals surface area contributed by atoms with Crippen LogP contribution in [0.2, 0.25) is 0 Å². The van der Waals surface area contributed by atoms with Gasteiger partial charge in [-0.2, -0.15) is 4.37 Å². The van der Waals surface area contributed by atoms with Crippen molar-refractivity contribution in [3.8, 4) is 0 Å². The molecule has 0 radical (unpaired) electrons. The predicted octanol–water partition coefficient (Wildman–Crippen LogP) is 2.60. The molecule has 0 aromatic carbocycles. The molecule has 0 amide bonds. The van der Waals surface area contributed by atoms with Crippen LogP contribution >= 0.6 is 27.5 Å². The van der Waals surface area contributed by atoms with E-state index in [0.29, 0.717) is 4.73 Å². The monoisotopic (exact) mass is 220 g/mol. The standard InChI is InChI=1S/C6H9BrN2S/c1-6(2,3)4-8-5(7)9-10-4/h1-3H3. The molecule has 10 heavy (non-hydrogen) atoms. The molecule has 0 N–H and O–H groups in total. The molecule has 0 unspecified atom stereocenters. The summed E-state index contributed by atoms with van der Waals surface area (Å²) in [5.41, 5.74) is 0.129. The molecule has 0 aliphatic carbocycles. The van der Waals surface area contributed by atoms with Crippen LogP contribution in [0.25, 0.3) is 0 Å². The van der Waals surface area contributed by atoms with E-state index in [1.165, 1.54) is 11.5 Å². The fraction of sp³-hybridized carbons (Fsp3) is 0.667. The lowest BCUT2D eigenvalue weighted by Crippen LogP contribution is -2.09. The summed E-state index contributed by atoms with van der Waals surface area (Å²) >= 11 is 4.66. The Morgan fingerprint density at radius 2 is 2.00 bits per heavy atom. The van der Waals surface area contributed by atoms with Gasteiger partial charge in [0.2, 0.25) is 4.73 Å². The van der Waals surface area contributed by atoms with Crippen molar-refractivity contribution in [3.05, 3.63) is 9.74 Å². The molecule has 0 bridgehead atoms. The highest BCUT2D eigenvalue weighted by atomic mass is 79.9. The Morgan fingerprint density at radius 1 is 1.40 bits per heavy atom. The molecule has 4 heteroatoms. The quantitative estimate of drug-likeness (QED) is 0.672. The highest BCUT2D eigenvalue weighted by molar-refractivity contribution is 9.10. The van der Waals surface area contributed by atoms with E-state index in [2.05, 4.69) is 46.1 Å². The zero-order chi connectivity index (χ0) is 7.78. The van der Waals surface area contributed by atoms with Gasteiger partial charge < -0.3 is 0 Å². The van der Waals surface area contributed by atoms with Gasteiger partial charge in [-0.1, -0.05) is 20.8 Å². The van der Waals surface area contributed by atoms with Crippen molar-refractivity contribution in [2.75, 3.05) is 0 Å². The molecule has 1 rings (SSSR count). The number of aromatic nitrogens is 2. The van der Waals surface area contributed by atoms with Gasteiger partial charge in [-0.05, 0) is 27.5 Å². The summed E-state index contributed by atoms with van der Waals surface area (Å²) < 4.78 is 4.73. The molecule has 0 saturated carbocycles. The van der Waals surface area contributed by atoms with Crippen molar-refractivity contribution in [1.29, 1.82) is 0 Å². The fourth-order valence-electron chi connectivity index (χ4n) is 0.510. The topological polar surface area (TPSA) is 25.8 Å². The Hall–Kier alpha value is 0.0400. The summed E-state index contributed by atoms with van der Waals surface area (Å²) in [6.07, 6.45) is 0. The molecule has 0 spiro atoms. The first-order valence-corrected chi connectivity index (χ1v) is 4.56. The highest BCUT2D eigenvalue weighted by Gasteiger charge is 2.18. The van der Waals surface area contributed by atoms with E-state index in [4.69, 9.17) is 0 Å². The molecular formula is C6H9BrN2S. The number of rotatable bonds is 0. The summed E-state index contributed by atoms with van der Waals surface area (Å²) in [6.45, 7) is 6.37. The Morgan fingerprint density at radius 3 is 2.20 bits per heavy atom. The minimum absolute atomic E-state index is 0.129. The average Bonchev–Trinajstić information content (AvgIpc) is 2.11. The normalized spacial score (nSPS) is 12.0. The molecule has 1 aromatic rings. The van der Waals surface area contributed by atoms with E-state index >= 15 is 0 Å². The van der Waals surface area contributed by atoms with Gasteiger partial charge in [-0.3, -0.25) is 0 Å². The zero-order valence-corrected chi connectivity index (χ0v) is 8.58. The maximum Gasteiger partial charge on any atom is 0.209 e. The molecular weight excluding hydrogens is 212 g/mol.